The molecule has 116 valence electrons. The Kier molecular flexibility index (Phi) is 5.13. The van der Waals surface area contributed by atoms with E-state index in [1.807, 2.05) is 0 Å². The number of nitrogens with one attached hydrogen (secondary N) is 1. The minimum atomic E-state index is -0.784. The first-order valence-electron chi connectivity index (χ1n) is 7.08. The van der Waals surface area contributed by atoms with Gasteiger partial charge in [0.1, 0.15) is 0 Å². The summed E-state index contributed by atoms with van der Waals surface area (Å²) in [6, 6.07) is -0.118. The highest BCUT2D eigenvalue weighted by Crippen LogP contribution is 2.20. The Hall–Kier alpha value is -2.12. The number of carboxylic acids is 1. The topological polar surface area (TPSA) is 109 Å². The maximum atomic E-state index is 12.0. The second-order valence-corrected chi connectivity index (χ2v) is 5.24. The van der Waals surface area contributed by atoms with Crippen molar-refractivity contribution in [3.8, 4) is 0 Å². The highest BCUT2D eigenvalue weighted by Gasteiger charge is 2.26. The average molecular weight is 296 g/mol. The van der Waals surface area contributed by atoms with Gasteiger partial charge in [0, 0.05) is 39.4 Å². The minimum absolute atomic E-state index is 0.118. The molecule has 0 aromatic carbocycles. The summed E-state index contributed by atoms with van der Waals surface area (Å²) in [6.45, 7) is 3.47. The first kappa shape index (κ1) is 15.3. The average Bonchev–Trinajstić information content (AvgIpc) is 3.05. The number of aryl methyl sites for hydroxylation is 1. The molecule has 0 radical (unpaired) electrons. The van der Waals surface area contributed by atoms with Crippen molar-refractivity contribution in [3.05, 3.63) is 11.7 Å². The third-order valence-corrected chi connectivity index (χ3v) is 3.53. The van der Waals surface area contributed by atoms with Crippen LogP contribution >= 0.6 is 0 Å². The zero-order valence-electron chi connectivity index (χ0n) is 12.0. The van der Waals surface area contributed by atoms with Gasteiger partial charge >= 0.3 is 12.0 Å². The van der Waals surface area contributed by atoms with Crippen molar-refractivity contribution >= 4 is 12.0 Å². The third-order valence-electron chi connectivity index (χ3n) is 3.53. The molecule has 1 aliphatic heterocycles. The van der Waals surface area contributed by atoms with Crippen LogP contribution in [0.3, 0.4) is 0 Å². The normalized spacial score (nSPS) is 18.0. The summed E-state index contributed by atoms with van der Waals surface area (Å²) in [5.74, 6) is 0.589. The van der Waals surface area contributed by atoms with Gasteiger partial charge in [-0.3, -0.25) is 4.79 Å². The van der Waals surface area contributed by atoms with E-state index in [1.165, 1.54) is 0 Å². The highest BCUT2D eigenvalue weighted by atomic mass is 16.5. The molecule has 2 heterocycles. The molecule has 1 aromatic rings. The first-order chi connectivity index (χ1) is 10.0. The van der Waals surface area contributed by atoms with Crippen LogP contribution in [0.4, 0.5) is 4.79 Å². The summed E-state index contributed by atoms with van der Waals surface area (Å²) in [5, 5.41) is 15.2. The summed E-state index contributed by atoms with van der Waals surface area (Å²) in [6.07, 6.45) is 2.18. The maximum absolute atomic E-state index is 12.0. The fraction of sp³-hybridized carbons (Fsp3) is 0.692. The Morgan fingerprint density at radius 3 is 3.00 bits per heavy atom. The predicted molar refractivity (Wildman–Crippen MR) is 72.7 cm³/mol. The Morgan fingerprint density at radius 1 is 1.52 bits per heavy atom. The number of aromatic nitrogens is 2. The third kappa shape index (κ3) is 4.73. The van der Waals surface area contributed by atoms with Crippen LogP contribution in [0.25, 0.3) is 0 Å². The Balaban J connectivity index is 1.66. The van der Waals surface area contributed by atoms with Crippen LogP contribution in [0.15, 0.2) is 4.52 Å². The highest BCUT2D eigenvalue weighted by molar-refractivity contribution is 5.74. The minimum Gasteiger partial charge on any atom is -0.481 e. The lowest BCUT2D eigenvalue weighted by molar-refractivity contribution is -0.137. The number of carbonyl (C=O) groups is 2. The van der Waals surface area contributed by atoms with E-state index >= 15 is 0 Å². The summed E-state index contributed by atoms with van der Waals surface area (Å²) in [4.78, 5) is 28.3. The van der Waals surface area contributed by atoms with Crippen molar-refractivity contribution in [1.29, 1.82) is 0 Å². The summed E-state index contributed by atoms with van der Waals surface area (Å²) < 4.78 is 4.85. The van der Waals surface area contributed by atoms with Crippen molar-refractivity contribution in [1.82, 2.24) is 20.4 Å². The quantitative estimate of drug-likeness (QED) is 0.804. The number of likely N-dealkylation sites (tertiary alicyclic amines) is 1. The van der Waals surface area contributed by atoms with Gasteiger partial charge in [-0.05, 0) is 18.8 Å². The summed E-state index contributed by atoms with van der Waals surface area (Å²) >= 11 is 0. The van der Waals surface area contributed by atoms with Crippen LogP contribution in [0, 0.1) is 12.8 Å². The van der Waals surface area contributed by atoms with Crippen LogP contribution in [0.2, 0.25) is 0 Å². The van der Waals surface area contributed by atoms with E-state index in [0.29, 0.717) is 44.2 Å². The van der Waals surface area contributed by atoms with Gasteiger partial charge in [0.05, 0.1) is 0 Å². The zero-order chi connectivity index (χ0) is 15.2. The fourth-order valence-corrected chi connectivity index (χ4v) is 2.42. The largest absolute Gasteiger partial charge is 0.481 e. The SMILES string of the molecule is Cc1nc(CCNC(=O)N2CCC(CCC(=O)O)C2)no1. The number of urea groups is 1. The predicted octanol–water partition coefficient (Wildman–Crippen LogP) is 0.817. The molecule has 2 amide bonds. The smallest absolute Gasteiger partial charge is 0.317 e. The van der Waals surface area contributed by atoms with Crippen LogP contribution in [-0.4, -0.2) is 51.8 Å². The second kappa shape index (κ2) is 7.05. The van der Waals surface area contributed by atoms with E-state index in [9.17, 15) is 9.59 Å². The maximum Gasteiger partial charge on any atom is 0.317 e. The number of amides is 2. The van der Waals surface area contributed by atoms with Crippen LogP contribution in [-0.2, 0) is 11.2 Å². The monoisotopic (exact) mass is 296 g/mol. The molecule has 2 rings (SSSR count). The lowest BCUT2D eigenvalue weighted by atomic mass is 10.0. The molecule has 0 bridgehead atoms. The molecule has 1 aromatic heterocycles. The van der Waals surface area contributed by atoms with E-state index in [4.69, 9.17) is 9.63 Å². The molecule has 0 saturated carbocycles. The van der Waals surface area contributed by atoms with Crippen molar-refractivity contribution in [2.24, 2.45) is 5.92 Å². The molecule has 1 unspecified atom stereocenters. The van der Waals surface area contributed by atoms with Gasteiger partial charge < -0.3 is 19.8 Å². The molecular formula is C13H20N4O4. The number of carboxylic acid groups (broad SMARTS) is 1. The number of hydrogen-bond acceptors (Lipinski definition) is 5. The van der Waals surface area contributed by atoms with E-state index < -0.39 is 5.97 Å². The first-order valence-corrected chi connectivity index (χ1v) is 7.08. The zero-order valence-corrected chi connectivity index (χ0v) is 12.0. The van der Waals surface area contributed by atoms with Gasteiger partial charge in [-0.25, -0.2) is 4.79 Å². The molecule has 8 heteroatoms. The van der Waals surface area contributed by atoms with Gasteiger partial charge in [0.15, 0.2) is 5.82 Å². The van der Waals surface area contributed by atoms with Crippen molar-refractivity contribution in [3.63, 3.8) is 0 Å². The van der Waals surface area contributed by atoms with Crippen LogP contribution in [0.1, 0.15) is 31.0 Å². The fourth-order valence-electron chi connectivity index (χ4n) is 2.42. The van der Waals surface area contributed by atoms with E-state index in [2.05, 4.69) is 15.5 Å². The summed E-state index contributed by atoms with van der Waals surface area (Å²) in [7, 11) is 0. The van der Waals surface area contributed by atoms with Crippen molar-refractivity contribution in [2.45, 2.75) is 32.6 Å². The molecule has 2 N–H and O–H groups in total. The molecule has 0 aliphatic carbocycles. The molecular weight excluding hydrogens is 276 g/mol. The van der Waals surface area contributed by atoms with Gasteiger partial charge in [-0.15, -0.1) is 0 Å². The van der Waals surface area contributed by atoms with Crippen LogP contribution in [0.5, 0.6) is 0 Å². The van der Waals surface area contributed by atoms with Gasteiger partial charge in [0.25, 0.3) is 0 Å². The molecule has 1 aliphatic rings. The number of nitrogens with zero attached hydrogens (tertiary/aromatic N) is 3. The standard InChI is InChI=1S/C13H20N4O4/c1-9-15-11(16-21-9)4-6-14-13(20)17-7-5-10(8-17)2-3-12(18)19/h10H,2-8H2,1H3,(H,14,20)(H,18,19). The van der Waals surface area contributed by atoms with Crippen LogP contribution < -0.4 is 5.32 Å². The number of carbonyl (C=O) groups excluding carboxylic acids is 1. The van der Waals surface area contributed by atoms with E-state index in [-0.39, 0.29) is 18.4 Å². The van der Waals surface area contributed by atoms with Crippen molar-refractivity contribution < 1.29 is 19.2 Å². The molecule has 1 fully saturated rings. The Labute approximate surface area is 122 Å². The second-order valence-electron chi connectivity index (χ2n) is 5.24. The molecule has 8 nitrogen and oxygen atoms in total. The number of hydrogen-bond donors (Lipinski definition) is 2. The Morgan fingerprint density at radius 2 is 2.33 bits per heavy atom. The van der Waals surface area contributed by atoms with Gasteiger partial charge in [-0.1, -0.05) is 5.16 Å². The molecule has 1 saturated heterocycles. The lowest BCUT2D eigenvalue weighted by Gasteiger charge is -2.17. The summed E-state index contributed by atoms with van der Waals surface area (Å²) in [5.41, 5.74) is 0. The molecule has 21 heavy (non-hydrogen) atoms. The lowest BCUT2D eigenvalue weighted by Crippen LogP contribution is -2.39. The van der Waals surface area contributed by atoms with Crippen molar-refractivity contribution in [2.75, 3.05) is 19.6 Å². The van der Waals surface area contributed by atoms with E-state index in [0.717, 1.165) is 6.42 Å². The Bertz CT molecular complexity index is 502. The van der Waals surface area contributed by atoms with Gasteiger partial charge in [0.2, 0.25) is 5.89 Å². The van der Waals surface area contributed by atoms with Gasteiger partial charge in [-0.2, -0.15) is 4.98 Å². The molecule has 1 atom stereocenters. The van der Waals surface area contributed by atoms with E-state index in [1.54, 1.807) is 11.8 Å². The molecule has 0 spiro atoms. The number of aliphatic carboxylic acids is 1. The number of rotatable bonds is 6.